The fourth-order valence-corrected chi connectivity index (χ4v) is 5.16. The summed E-state index contributed by atoms with van der Waals surface area (Å²) in [5.74, 6) is 0. The number of benzene rings is 6. The van der Waals surface area contributed by atoms with Gasteiger partial charge in [0.2, 0.25) is 0 Å². The molecule has 6 rings (SSSR count). The molecule has 6 aromatic carbocycles. The minimum Gasteiger partial charge on any atom is -0.309 e. The molecule has 3 heteroatoms. The van der Waals surface area contributed by atoms with Crippen LogP contribution in [0.2, 0.25) is 0 Å². The maximum atomic E-state index is 9.84. The highest BCUT2D eigenvalue weighted by Gasteiger charge is 2.20. The second-order valence-electron chi connectivity index (χ2n) is 7.85. The monoisotopic (exact) mass is 472 g/mol. The molecule has 0 unspecified atom stereocenters. The van der Waals surface area contributed by atoms with Crippen molar-refractivity contribution in [2.75, 3.05) is 4.90 Å². The van der Waals surface area contributed by atoms with Crippen LogP contribution in [0, 0.1) is 11.3 Å². The van der Waals surface area contributed by atoms with Gasteiger partial charge in [0.25, 0.3) is 0 Å². The largest absolute Gasteiger partial charge is 0.309 e. The van der Waals surface area contributed by atoms with E-state index in [1.807, 2.05) is 42.5 Å². The van der Waals surface area contributed by atoms with Gasteiger partial charge in [0, 0.05) is 15.5 Å². The SMILES string of the molecule is N#Cc1ccccc1N(c1ccccc1)c1ccc2ccc3c(Br)ccc4ccc1c2c43. The molecule has 6 aromatic rings. The average Bonchev–Trinajstić information content (AvgIpc) is 2.85. The third-order valence-corrected chi connectivity index (χ3v) is 6.80. The van der Waals surface area contributed by atoms with Crippen molar-refractivity contribution >= 4 is 65.3 Å². The van der Waals surface area contributed by atoms with Crippen molar-refractivity contribution in [1.82, 2.24) is 0 Å². The van der Waals surface area contributed by atoms with Gasteiger partial charge in [0.15, 0.2) is 0 Å². The van der Waals surface area contributed by atoms with Gasteiger partial charge in [-0.15, -0.1) is 0 Å². The lowest BCUT2D eigenvalue weighted by atomic mass is 9.93. The van der Waals surface area contributed by atoms with Crippen molar-refractivity contribution in [3.63, 3.8) is 0 Å². The van der Waals surface area contributed by atoms with E-state index in [2.05, 4.69) is 87.6 Å². The zero-order valence-electron chi connectivity index (χ0n) is 17.1. The summed E-state index contributed by atoms with van der Waals surface area (Å²) in [4.78, 5) is 2.19. The molecule has 0 aliphatic heterocycles. The van der Waals surface area contributed by atoms with Gasteiger partial charge in [-0.3, -0.25) is 0 Å². The summed E-state index contributed by atoms with van der Waals surface area (Å²) >= 11 is 3.73. The molecule has 0 heterocycles. The molecule has 0 aliphatic rings. The van der Waals surface area contributed by atoms with Crippen LogP contribution in [0.5, 0.6) is 0 Å². The van der Waals surface area contributed by atoms with E-state index in [4.69, 9.17) is 0 Å². The van der Waals surface area contributed by atoms with Crippen molar-refractivity contribution in [1.29, 1.82) is 5.26 Å². The van der Waals surface area contributed by atoms with Crippen LogP contribution in [0.25, 0.3) is 32.3 Å². The van der Waals surface area contributed by atoms with Gasteiger partial charge in [0.05, 0.1) is 16.9 Å². The smallest absolute Gasteiger partial charge is 0.101 e. The van der Waals surface area contributed by atoms with Crippen molar-refractivity contribution in [3.05, 3.63) is 113 Å². The first-order chi connectivity index (χ1) is 15.8. The van der Waals surface area contributed by atoms with E-state index in [0.717, 1.165) is 26.9 Å². The maximum absolute atomic E-state index is 9.84. The van der Waals surface area contributed by atoms with Crippen LogP contribution in [0.3, 0.4) is 0 Å². The van der Waals surface area contributed by atoms with Crippen LogP contribution in [0.4, 0.5) is 17.1 Å². The first kappa shape index (κ1) is 18.9. The molecule has 0 aromatic heterocycles. The zero-order chi connectivity index (χ0) is 21.7. The summed E-state index contributed by atoms with van der Waals surface area (Å²) in [6, 6.07) is 37.8. The van der Waals surface area contributed by atoms with Gasteiger partial charge < -0.3 is 4.90 Å². The lowest BCUT2D eigenvalue weighted by molar-refractivity contribution is 1.28. The highest BCUT2D eigenvalue weighted by molar-refractivity contribution is 9.10. The Balaban J connectivity index is 1.75. The average molecular weight is 473 g/mol. The Morgan fingerprint density at radius 2 is 1.22 bits per heavy atom. The summed E-state index contributed by atoms with van der Waals surface area (Å²) in [6.07, 6.45) is 0. The number of nitriles is 1. The summed E-state index contributed by atoms with van der Waals surface area (Å²) in [7, 11) is 0. The number of para-hydroxylation sites is 2. The molecule has 32 heavy (non-hydrogen) atoms. The predicted molar refractivity (Wildman–Crippen MR) is 137 cm³/mol. The van der Waals surface area contributed by atoms with Gasteiger partial charge in [-0.2, -0.15) is 5.26 Å². The Kier molecular flexibility index (Phi) is 4.35. The molecule has 0 saturated heterocycles. The zero-order valence-corrected chi connectivity index (χ0v) is 18.7. The highest BCUT2D eigenvalue weighted by atomic mass is 79.9. The van der Waals surface area contributed by atoms with Gasteiger partial charge >= 0.3 is 0 Å². The van der Waals surface area contributed by atoms with Gasteiger partial charge in [0.1, 0.15) is 6.07 Å². The van der Waals surface area contributed by atoms with Crippen molar-refractivity contribution in [3.8, 4) is 6.07 Å². The van der Waals surface area contributed by atoms with Gasteiger partial charge in [-0.1, -0.05) is 82.7 Å². The Labute approximate surface area is 194 Å². The minimum absolute atomic E-state index is 0.643. The molecule has 2 nitrogen and oxygen atoms in total. The maximum Gasteiger partial charge on any atom is 0.101 e. The molecule has 0 atom stereocenters. The fourth-order valence-electron chi connectivity index (χ4n) is 4.69. The van der Waals surface area contributed by atoms with Gasteiger partial charge in [-0.05, 0) is 63.3 Å². The van der Waals surface area contributed by atoms with Crippen molar-refractivity contribution in [2.24, 2.45) is 0 Å². The fraction of sp³-hybridized carbons (Fsp3) is 0. The number of hydrogen-bond acceptors (Lipinski definition) is 2. The molecular weight excluding hydrogens is 456 g/mol. The summed E-state index contributed by atoms with van der Waals surface area (Å²) in [5.41, 5.74) is 3.59. The topological polar surface area (TPSA) is 27.0 Å². The molecule has 0 radical (unpaired) electrons. The Bertz CT molecular complexity index is 1650. The molecule has 0 aliphatic carbocycles. The summed E-state index contributed by atoms with van der Waals surface area (Å²) < 4.78 is 1.10. The lowest BCUT2D eigenvalue weighted by Gasteiger charge is -2.28. The third-order valence-electron chi connectivity index (χ3n) is 6.11. The van der Waals surface area contributed by atoms with E-state index >= 15 is 0 Å². The van der Waals surface area contributed by atoms with Crippen molar-refractivity contribution < 1.29 is 0 Å². The Morgan fingerprint density at radius 1 is 0.594 bits per heavy atom. The Hall–Kier alpha value is -3.87. The Morgan fingerprint density at radius 3 is 2.00 bits per heavy atom. The highest BCUT2D eigenvalue weighted by Crippen LogP contribution is 2.45. The van der Waals surface area contributed by atoms with E-state index in [9.17, 15) is 5.26 Å². The van der Waals surface area contributed by atoms with Gasteiger partial charge in [-0.25, -0.2) is 0 Å². The predicted octanol–water partition coefficient (Wildman–Crippen LogP) is 8.69. The van der Waals surface area contributed by atoms with Crippen LogP contribution < -0.4 is 4.90 Å². The normalized spacial score (nSPS) is 11.2. The quantitative estimate of drug-likeness (QED) is 0.241. The van der Waals surface area contributed by atoms with E-state index < -0.39 is 0 Å². The lowest BCUT2D eigenvalue weighted by Crippen LogP contribution is -2.12. The molecule has 0 N–H and O–H groups in total. The third kappa shape index (κ3) is 2.77. The number of halogens is 1. The minimum atomic E-state index is 0.643. The molecule has 0 saturated carbocycles. The van der Waals surface area contributed by atoms with E-state index in [0.29, 0.717) is 5.56 Å². The van der Waals surface area contributed by atoms with E-state index in [1.54, 1.807) is 0 Å². The number of hydrogen-bond donors (Lipinski definition) is 0. The van der Waals surface area contributed by atoms with Crippen LogP contribution in [-0.4, -0.2) is 0 Å². The molecule has 0 amide bonds. The van der Waals surface area contributed by atoms with Crippen LogP contribution >= 0.6 is 15.9 Å². The number of rotatable bonds is 3. The second kappa shape index (κ2) is 7.37. The first-order valence-corrected chi connectivity index (χ1v) is 11.3. The van der Waals surface area contributed by atoms with Crippen LogP contribution in [-0.2, 0) is 0 Å². The molecule has 150 valence electrons. The molecular formula is C29H17BrN2. The summed E-state index contributed by atoms with van der Waals surface area (Å²) in [6.45, 7) is 0. The molecule has 0 fully saturated rings. The molecule has 0 spiro atoms. The first-order valence-electron chi connectivity index (χ1n) is 10.5. The van der Waals surface area contributed by atoms with E-state index in [1.165, 1.54) is 26.9 Å². The summed E-state index contributed by atoms with van der Waals surface area (Å²) in [5, 5.41) is 17.2. The molecule has 0 bridgehead atoms. The van der Waals surface area contributed by atoms with Crippen LogP contribution in [0.15, 0.2) is 108 Å². The number of anilines is 3. The van der Waals surface area contributed by atoms with E-state index in [-0.39, 0.29) is 0 Å². The van der Waals surface area contributed by atoms with Crippen molar-refractivity contribution in [2.45, 2.75) is 0 Å². The standard InChI is InChI=1S/C29H17BrN2/c30-25-16-12-19-11-15-24-27(17-13-20-10-14-23(25)28(19)29(20)24)32(22-7-2-1-3-8-22)26-9-5-4-6-21(26)18-31/h1-17H. The van der Waals surface area contributed by atoms with Crippen LogP contribution in [0.1, 0.15) is 5.56 Å². The second-order valence-corrected chi connectivity index (χ2v) is 8.71. The number of nitrogens with zero attached hydrogens (tertiary/aromatic N) is 2.